The van der Waals surface area contributed by atoms with Crippen LogP contribution in [-0.2, 0) is 6.54 Å². The normalized spacial score (nSPS) is 10.6. The molecule has 0 fully saturated rings. The Morgan fingerprint density at radius 3 is 2.71 bits per heavy atom. The van der Waals surface area contributed by atoms with Crippen molar-refractivity contribution in [3.63, 3.8) is 0 Å². The molecule has 1 amide bonds. The average Bonchev–Trinajstić information content (AvgIpc) is 3.01. The Hall–Kier alpha value is -2.29. The number of nitrogens with one attached hydrogen (secondary N) is 1. The first kappa shape index (κ1) is 16.6. The Morgan fingerprint density at radius 2 is 1.96 bits per heavy atom. The first-order chi connectivity index (χ1) is 11.5. The maximum Gasteiger partial charge on any atom is 0.252 e. The van der Waals surface area contributed by atoms with E-state index in [2.05, 4.69) is 33.1 Å². The van der Waals surface area contributed by atoms with Gasteiger partial charge in [0.25, 0.3) is 5.91 Å². The van der Waals surface area contributed by atoms with Crippen molar-refractivity contribution in [2.24, 2.45) is 0 Å². The summed E-state index contributed by atoms with van der Waals surface area (Å²) in [5.74, 6) is -1.47. The van der Waals surface area contributed by atoms with Crippen molar-refractivity contribution >= 4 is 28.5 Å². The first-order valence-electron chi connectivity index (χ1n) is 6.98. The van der Waals surface area contributed by atoms with Crippen LogP contribution in [0, 0.1) is 15.2 Å². The Balaban J connectivity index is 1.70. The van der Waals surface area contributed by atoms with E-state index in [9.17, 15) is 13.6 Å². The average molecular weight is 440 g/mol. The molecule has 0 atom stereocenters. The summed E-state index contributed by atoms with van der Waals surface area (Å²) >= 11 is 2.08. The highest BCUT2D eigenvalue weighted by atomic mass is 127. The molecular formula is C17H11F2IN2O2. The zero-order valence-electron chi connectivity index (χ0n) is 12.2. The Morgan fingerprint density at radius 1 is 1.17 bits per heavy atom. The highest BCUT2D eigenvalue weighted by Crippen LogP contribution is 2.24. The smallest absolute Gasteiger partial charge is 0.252 e. The number of rotatable bonds is 4. The molecule has 0 radical (unpaired) electrons. The lowest BCUT2D eigenvalue weighted by Crippen LogP contribution is -2.23. The lowest BCUT2D eigenvalue weighted by molar-refractivity contribution is 0.0949. The standard InChI is InChI=1S/C17H11F2IN2O2/c18-10-5-6-12(14(19)7-10)16-8-11(22-24-16)9-21-17(23)13-3-1-2-4-15(13)20/h1-8H,9H2,(H,21,23). The molecule has 7 heteroatoms. The van der Waals surface area contributed by atoms with Gasteiger partial charge in [-0.05, 0) is 46.9 Å². The fourth-order valence-corrected chi connectivity index (χ4v) is 2.76. The quantitative estimate of drug-likeness (QED) is 0.621. The minimum Gasteiger partial charge on any atom is -0.356 e. The van der Waals surface area contributed by atoms with E-state index in [1.54, 1.807) is 12.1 Å². The summed E-state index contributed by atoms with van der Waals surface area (Å²) in [7, 11) is 0. The third kappa shape index (κ3) is 3.61. The van der Waals surface area contributed by atoms with E-state index in [-0.39, 0.29) is 23.8 Å². The number of benzene rings is 2. The largest absolute Gasteiger partial charge is 0.356 e. The van der Waals surface area contributed by atoms with E-state index < -0.39 is 11.6 Å². The fourth-order valence-electron chi connectivity index (χ4n) is 2.12. The fraction of sp³-hybridized carbons (Fsp3) is 0.0588. The lowest BCUT2D eigenvalue weighted by Gasteiger charge is -2.04. The molecule has 3 aromatic rings. The molecule has 1 heterocycles. The number of aromatic nitrogens is 1. The molecule has 24 heavy (non-hydrogen) atoms. The second kappa shape index (κ2) is 7.08. The van der Waals surface area contributed by atoms with Gasteiger partial charge in [-0.3, -0.25) is 4.79 Å². The highest BCUT2D eigenvalue weighted by molar-refractivity contribution is 14.1. The van der Waals surface area contributed by atoms with Crippen molar-refractivity contribution in [1.82, 2.24) is 10.5 Å². The Labute approximate surface area is 150 Å². The summed E-state index contributed by atoms with van der Waals surface area (Å²) in [5, 5.41) is 6.52. The van der Waals surface area contributed by atoms with E-state index in [1.165, 1.54) is 12.1 Å². The summed E-state index contributed by atoms with van der Waals surface area (Å²) in [6, 6.07) is 11.9. The number of halogens is 3. The van der Waals surface area contributed by atoms with Gasteiger partial charge in [0.05, 0.1) is 17.7 Å². The molecule has 1 N–H and O–H groups in total. The van der Waals surface area contributed by atoms with Crippen LogP contribution < -0.4 is 5.32 Å². The van der Waals surface area contributed by atoms with Crippen molar-refractivity contribution in [2.75, 3.05) is 0 Å². The van der Waals surface area contributed by atoms with Gasteiger partial charge in [0.15, 0.2) is 5.76 Å². The van der Waals surface area contributed by atoms with Crippen LogP contribution in [0.1, 0.15) is 16.1 Å². The van der Waals surface area contributed by atoms with Crippen molar-refractivity contribution in [3.8, 4) is 11.3 Å². The van der Waals surface area contributed by atoms with Crippen molar-refractivity contribution in [1.29, 1.82) is 0 Å². The van der Waals surface area contributed by atoms with Crippen LogP contribution >= 0.6 is 22.6 Å². The molecule has 0 unspecified atom stereocenters. The van der Waals surface area contributed by atoms with Crippen LogP contribution in [0.4, 0.5) is 8.78 Å². The molecule has 2 aromatic carbocycles. The molecule has 4 nitrogen and oxygen atoms in total. The van der Waals surface area contributed by atoms with Crippen molar-refractivity contribution in [2.45, 2.75) is 6.54 Å². The third-order valence-electron chi connectivity index (χ3n) is 3.30. The zero-order valence-corrected chi connectivity index (χ0v) is 14.4. The number of hydrogen-bond acceptors (Lipinski definition) is 3. The number of carbonyl (C=O) groups excluding carboxylic acids is 1. The number of nitrogens with zero attached hydrogens (tertiary/aromatic N) is 1. The number of carbonyl (C=O) groups is 1. The minimum absolute atomic E-state index is 0.110. The summed E-state index contributed by atoms with van der Waals surface area (Å²) < 4.78 is 32.6. The van der Waals surface area contributed by atoms with Crippen LogP contribution in [0.3, 0.4) is 0 Å². The zero-order chi connectivity index (χ0) is 17.1. The summed E-state index contributed by atoms with van der Waals surface area (Å²) in [6.45, 7) is 0.135. The first-order valence-corrected chi connectivity index (χ1v) is 8.06. The Bertz CT molecular complexity index is 896. The van der Waals surface area contributed by atoms with Gasteiger partial charge in [-0.2, -0.15) is 0 Å². The van der Waals surface area contributed by atoms with Crippen LogP contribution in [0.2, 0.25) is 0 Å². The molecule has 0 bridgehead atoms. The van der Waals surface area contributed by atoms with Gasteiger partial charge >= 0.3 is 0 Å². The third-order valence-corrected chi connectivity index (χ3v) is 4.24. The van der Waals surface area contributed by atoms with Gasteiger partial charge < -0.3 is 9.84 Å². The van der Waals surface area contributed by atoms with Crippen molar-refractivity contribution in [3.05, 3.63) is 75.0 Å². The van der Waals surface area contributed by atoms with E-state index in [4.69, 9.17) is 4.52 Å². The molecule has 122 valence electrons. The molecule has 0 aliphatic heterocycles. The molecular weight excluding hydrogens is 429 g/mol. The van der Waals surface area contributed by atoms with Gasteiger partial charge in [0.2, 0.25) is 0 Å². The van der Waals surface area contributed by atoms with Crippen molar-refractivity contribution < 1.29 is 18.1 Å². The van der Waals surface area contributed by atoms with Crippen LogP contribution in [0.15, 0.2) is 53.1 Å². The van der Waals surface area contributed by atoms with Gasteiger partial charge in [-0.1, -0.05) is 17.3 Å². The van der Waals surface area contributed by atoms with E-state index in [0.717, 1.165) is 15.7 Å². The molecule has 0 aliphatic rings. The van der Waals surface area contributed by atoms with Gasteiger partial charge in [0.1, 0.15) is 17.3 Å². The highest BCUT2D eigenvalue weighted by Gasteiger charge is 2.14. The minimum atomic E-state index is -0.736. The number of amides is 1. The summed E-state index contributed by atoms with van der Waals surface area (Å²) in [6.07, 6.45) is 0. The lowest BCUT2D eigenvalue weighted by atomic mass is 10.1. The molecule has 0 saturated heterocycles. The van der Waals surface area contributed by atoms with Crippen LogP contribution in [0.25, 0.3) is 11.3 Å². The second-order valence-electron chi connectivity index (χ2n) is 4.97. The van der Waals surface area contributed by atoms with E-state index >= 15 is 0 Å². The van der Waals surface area contributed by atoms with E-state index in [0.29, 0.717) is 11.3 Å². The van der Waals surface area contributed by atoms with Crippen LogP contribution in [-0.4, -0.2) is 11.1 Å². The summed E-state index contributed by atoms with van der Waals surface area (Å²) in [4.78, 5) is 12.1. The van der Waals surface area contributed by atoms with E-state index in [1.807, 2.05) is 12.1 Å². The second-order valence-corrected chi connectivity index (χ2v) is 6.13. The molecule has 0 spiro atoms. The van der Waals surface area contributed by atoms with Gasteiger partial charge in [0, 0.05) is 15.7 Å². The maximum absolute atomic E-state index is 13.7. The maximum atomic E-state index is 13.7. The molecule has 0 aliphatic carbocycles. The summed E-state index contributed by atoms with van der Waals surface area (Å²) in [5.41, 5.74) is 1.11. The van der Waals surface area contributed by atoms with Gasteiger partial charge in [-0.25, -0.2) is 8.78 Å². The number of hydrogen-bond donors (Lipinski definition) is 1. The Kier molecular flexibility index (Phi) is 4.89. The SMILES string of the molecule is O=C(NCc1cc(-c2ccc(F)cc2F)on1)c1ccccc1I. The topological polar surface area (TPSA) is 55.1 Å². The molecule has 1 aromatic heterocycles. The predicted octanol–water partition coefficient (Wildman–Crippen LogP) is 4.15. The molecule has 3 rings (SSSR count). The molecule has 0 saturated carbocycles. The van der Waals surface area contributed by atoms with Crippen LogP contribution in [0.5, 0.6) is 0 Å². The van der Waals surface area contributed by atoms with Gasteiger partial charge in [-0.15, -0.1) is 0 Å². The predicted molar refractivity (Wildman–Crippen MR) is 92.2 cm³/mol. The monoisotopic (exact) mass is 440 g/mol.